The molecule has 166 valence electrons. The highest BCUT2D eigenvalue weighted by atomic mass is 16.2. The van der Waals surface area contributed by atoms with E-state index < -0.39 is 0 Å². The average Bonchev–Trinajstić information content (AvgIpc) is 3.51. The minimum Gasteiger partial charge on any atom is -0.334 e. The monoisotopic (exact) mass is 445 g/mol. The molecule has 0 spiro atoms. The van der Waals surface area contributed by atoms with Crippen molar-refractivity contribution in [3.8, 4) is 16.8 Å². The summed E-state index contributed by atoms with van der Waals surface area (Å²) >= 11 is 0. The van der Waals surface area contributed by atoms with Crippen LogP contribution < -0.4 is 0 Å². The molecule has 1 amide bonds. The molecule has 0 unspecified atom stereocenters. The number of pyridine rings is 2. The van der Waals surface area contributed by atoms with Crippen molar-refractivity contribution in [3.63, 3.8) is 0 Å². The molecule has 3 aromatic heterocycles. The quantitative estimate of drug-likeness (QED) is 0.382. The van der Waals surface area contributed by atoms with E-state index in [0.717, 1.165) is 50.1 Å². The normalized spacial score (nSPS) is 13.0. The van der Waals surface area contributed by atoms with Gasteiger partial charge in [0, 0.05) is 71.9 Å². The smallest absolute Gasteiger partial charge is 0.254 e. The van der Waals surface area contributed by atoms with Gasteiger partial charge in [-0.05, 0) is 48.9 Å². The molecular weight excluding hydrogens is 422 g/mol. The molecule has 0 atom stereocenters. The average molecular weight is 446 g/mol. The summed E-state index contributed by atoms with van der Waals surface area (Å²) in [6.45, 7) is 3.20. The van der Waals surface area contributed by atoms with Gasteiger partial charge in [-0.3, -0.25) is 14.8 Å². The number of nitrogens with zero attached hydrogens (tertiary/aromatic N) is 5. The van der Waals surface area contributed by atoms with Crippen molar-refractivity contribution in [2.24, 2.45) is 0 Å². The molecule has 6 nitrogen and oxygen atoms in total. The zero-order valence-corrected chi connectivity index (χ0v) is 18.8. The van der Waals surface area contributed by atoms with Gasteiger partial charge in [0.25, 0.3) is 5.91 Å². The third kappa shape index (κ3) is 3.53. The van der Waals surface area contributed by atoms with E-state index in [9.17, 15) is 4.79 Å². The van der Waals surface area contributed by atoms with Gasteiger partial charge in [-0.2, -0.15) is 5.10 Å². The summed E-state index contributed by atoms with van der Waals surface area (Å²) in [5.74, 6) is 0.0589. The maximum atomic E-state index is 13.2. The van der Waals surface area contributed by atoms with Crippen molar-refractivity contribution < 1.29 is 4.79 Å². The van der Waals surface area contributed by atoms with Crippen molar-refractivity contribution in [3.05, 3.63) is 108 Å². The molecule has 0 radical (unpaired) electrons. The van der Waals surface area contributed by atoms with Crippen molar-refractivity contribution in [1.29, 1.82) is 0 Å². The van der Waals surface area contributed by atoms with Gasteiger partial charge in [-0.1, -0.05) is 24.3 Å². The third-order valence-electron chi connectivity index (χ3n) is 6.38. The molecule has 0 fully saturated rings. The van der Waals surface area contributed by atoms with Crippen molar-refractivity contribution >= 4 is 16.8 Å². The predicted molar refractivity (Wildman–Crippen MR) is 132 cm³/mol. The maximum absolute atomic E-state index is 13.2. The zero-order valence-electron chi connectivity index (χ0n) is 18.8. The van der Waals surface area contributed by atoms with Crippen LogP contribution in [0.4, 0.5) is 0 Å². The fourth-order valence-corrected chi connectivity index (χ4v) is 4.72. The fourth-order valence-electron chi connectivity index (χ4n) is 4.72. The van der Waals surface area contributed by atoms with E-state index >= 15 is 0 Å². The number of para-hydroxylation sites is 1. The van der Waals surface area contributed by atoms with E-state index in [1.165, 1.54) is 0 Å². The topological polar surface area (TPSA) is 63.9 Å². The van der Waals surface area contributed by atoms with Gasteiger partial charge in [0.05, 0.1) is 16.9 Å². The Labute approximate surface area is 197 Å². The van der Waals surface area contributed by atoms with Crippen LogP contribution in [0, 0.1) is 6.92 Å². The standard InChI is InChI=1S/C28H23N5O/c1-19-14-21(17-29-16-19)23-15-20-6-2-3-8-25(20)31-26(23)10-13-32-18-24-22(28(32)34)7-4-9-27(24)33-12-5-11-30-33/h2-9,11-12,14-17H,10,13,18H2,1H3. The SMILES string of the molecule is Cc1cncc(-c2cc3ccccc3nc2CCN2Cc3c(cccc3-n3cccn3)C2=O)c1. The van der Waals surface area contributed by atoms with E-state index in [-0.39, 0.29) is 5.91 Å². The molecule has 0 N–H and O–H groups in total. The van der Waals surface area contributed by atoms with Gasteiger partial charge in [0.15, 0.2) is 0 Å². The maximum Gasteiger partial charge on any atom is 0.254 e. The second-order valence-corrected chi connectivity index (χ2v) is 8.66. The lowest BCUT2D eigenvalue weighted by Crippen LogP contribution is -2.26. The minimum atomic E-state index is 0.0589. The summed E-state index contributed by atoms with van der Waals surface area (Å²) < 4.78 is 1.82. The Kier molecular flexibility index (Phi) is 4.91. The van der Waals surface area contributed by atoms with E-state index in [4.69, 9.17) is 4.98 Å². The van der Waals surface area contributed by atoms with Crippen molar-refractivity contribution in [2.75, 3.05) is 6.54 Å². The Morgan fingerprint density at radius 3 is 2.74 bits per heavy atom. The molecule has 0 saturated carbocycles. The van der Waals surface area contributed by atoms with E-state index in [0.29, 0.717) is 19.5 Å². The Hall–Kier alpha value is -4.32. The highest BCUT2D eigenvalue weighted by molar-refractivity contribution is 5.99. The van der Waals surface area contributed by atoms with Gasteiger partial charge in [0.2, 0.25) is 0 Å². The van der Waals surface area contributed by atoms with Crippen LogP contribution in [0.1, 0.15) is 27.2 Å². The second-order valence-electron chi connectivity index (χ2n) is 8.66. The predicted octanol–water partition coefficient (Wildman–Crippen LogP) is 4.99. The molecule has 0 bridgehead atoms. The van der Waals surface area contributed by atoms with Gasteiger partial charge in [-0.25, -0.2) is 4.68 Å². The van der Waals surface area contributed by atoms with Crippen LogP contribution in [0.5, 0.6) is 0 Å². The molecular formula is C28H23N5O. The Morgan fingerprint density at radius 1 is 0.971 bits per heavy atom. The summed E-state index contributed by atoms with van der Waals surface area (Å²) in [5, 5.41) is 5.45. The highest BCUT2D eigenvalue weighted by Gasteiger charge is 2.29. The summed E-state index contributed by atoms with van der Waals surface area (Å²) in [6.07, 6.45) is 8.06. The summed E-state index contributed by atoms with van der Waals surface area (Å²) in [7, 11) is 0. The number of fused-ring (bicyclic) bond motifs is 2. The number of benzene rings is 2. The first-order valence-corrected chi connectivity index (χ1v) is 11.4. The first-order chi connectivity index (χ1) is 16.7. The van der Waals surface area contributed by atoms with Crippen LogP contribution in [0.3, 0.4) is 0 Å². The number of aromatic nitrogens is 4. The number of carbonyl (C=O) groups is 1. The molecule has 34 heavy (non-hydrogen) atoms. The van der Waals surface area contributed by atoms with Crippen LogP contribution in [-0.4, -0.2) is 37.1 Å². The molecule has 2 aromatic carbocycles. The fraction of sp³-hybridized carbons (Fsp3) is 0.143. The Bertz CT molecular complexity index is 1520. The summed E-state index contributed by atoms with van der Waals surface area (Å²) in [6, 6.07) is 20.2. The largest absolute Gasteiger partial charge is 0.334 e. The molecule has 6 heteroatoms. The van der Waals surface area contributed by atoms with Gasteiger partial charge >= 0.3 is 0 Å². The van der Waals surface area contributed by atoms with Crippen molar-refractivity contribution in [2.45, 2.75) is 19.9 Å². The third-order valence-corrected chi connectivity index (χ3v) is 6.38. The molecule has 1 aliphatic heterocycles. The first kappa shape index (κ1) is 20.3. The number of hydrogen-bond donors (Lipinski definition) is 0. The van der Waals surface area contributed by atoms with E-state index in [2.05, 4.69) is 28.3 Å². The minimum absolute atomic E-state index is 0.0589. The van der Waals surface area contributed by atoms with Crippen LogP contribution >= 0.6 is 0 Å². The van der Waals surface area contributed by atoms with Crippen LogP contribution in [0.25, 0.3) is 27.7 Å². The molecule has 5 aromatic rings. The molecule has 4 heterocycles. The number of rotatable bonds is 5. The first-order valence-electron chi connectivity index (χ1n) is 11.4. The van der Waals surface area contributed by atoms with E-state index in [1.54, 1.807) is 6.20 Å². The number of aryl methyl sites for hydroxylation is 1. The summed E-state index contributed by atoms with van der Waals surface area (Å²) in [4.78, 5) is 24.5. The molecule has 0 saturated heterocycles. The second kappa shape index (κ2) is 8.23. The highest BCUT2D eigenvalue weighted by Crippen LogP contribution is 2.30. The molecule has 1 aliphatic rings. The number of hydrogen-bond acceptors (Lipinski definition) is 4. The lowest BCUT2D eigenvalue weighted by atomic mass is 10.00. The van der Waals surface area contributed by atoms with E-state index in [1.807, 2.05) is 77.6 Å². The Balaban J connectivity index is 1.33. The van der Waals surface area contributed by atoms with Crippen LogP contribution in [-0.2, 0) is 13.0 Å². The Morgan fingerprint density at radius 2 is 1.88 bits per heavy atom. The molecule has 6 rings (SSSR count). The number of amides is 1. The van der Waals surface area contributed by atoms with Crippen LogP contribution in [0.15, 0.2) is 85.5 Å². The van der Waals surface area contributed by atoms with Gasteiger partial charge in [0.1, 0.15) is 0 Å². The summed E-state index contributed by atoms with van der Waals surface area (Å²) in [5.41, 5.74) is 7.87. The van der Waals surface area contributed by atoms with Crippen LogP contribution in [0.2, 0.25) is 0 Å². The lowest BCUT2D eigenvalue weighted by molar-refractivity contribution is 0.0780. The van der Waals surface area contributed by atoms with Gasteiger partial charge in [-0.15, -0.1) is 0 Å². The number of carbonyl (C=O) groups excluding carboxylic acids is 1. The van der Waals surface area contributed by atoms with Gasteiger partial charge < -0.3 is 4.90 Å². The molecule has 0 aliphatic carbocycles. The van der Waals surface area contributed by atoms with Crippen molar-refractivity contribution in [1.82, 2.24) is 24.6 Å². The lowest BCUT2D eigenvalue weighted by Gasteiger charge is -2.17. The zero-order chi connectivity index (χ0) is 23.1.